The van der Waals surface area contributed by atoms with Gasteiger partial charge in [-0.1, -0.05) is 24.9 Å². The first kappa shape index (κ1) is 15.7. The quantitative estimate of drug-likeness (QED) is 0.599. The second-order valence-corrected chi connectivity index (χ2v) is 5.19. The number of hydrogen-bond donors (Lipinski definition) is 1. The summed E-state index contributed by atoms with van der Waals surface area (Å²) in [5, 5.41) is 12.3. The van der Waals surface area contributed by atoms with Crippen molar-refractivity contribution >= 4 is 17.3 Å². The van der Waals surface area contributed by atoms with Crippen molar-refractivity contribution in [2.24, 2.45) is 0 Å². The van der Waals surface area contributed by atoms with Gasteiger partial charge in [0.2, 0.25) is 0 Å². The van der Waals surface area contributed by atoms with Crippen LogP contribution in [0.15, 0.2) is 18.2 Å². The maximum Gasteiger partial charge on any atom is 0.182 e. The van der Waals surface area contributed by atoms with E-state index in [1.54, 1.807) is 16.8 Å². The van der Waals surface area contributed by atoms with Gasteiger partial charge in [0.1, 0.15) is 0 Å². The molecule has 114 valence electrons. The third-order valence-electron chi connectivity index (χ3n) is 3.09. The van der Waals surface area contributed by atoms with Crippen molar-refractivity contribution in [1.82, 2.24) is 20.2 Å². The third-order valence-corrected chi connectivity index (χ3v) is 3.42. The first-order valence-corrected chi connectivity index (χ1v) is 7.49. The first-order valence-electron chi connectivity index (χ1n) is 7.11. The van der Waals surface area contributed by atoms with Gasteiger partial charge >= 0.3 is 0 Å². The molecule has 0 bridgehead atoms. The number of rotatable bonds is 8. The van der Waals surface area contributed by atoms with E-state index in [0.29, 0.717) is 29.7 Å². The number of ether oxygens (including phenoxy) is 1. The molecule has 7 heteroatoms. The van der Waals surface area contributed by atoms with Crippen LogP contribution >= 0.6 is 11.6 Å². The van der Waals surface area contributed by atoms with Gasteiger partial charge in [-0.2, -0.15) is 0 Å². The molecule has 0 atom stereocenters. The van der Waals surface area contributed by atoms with E-state index in [4.69, 9.17) is 22.1 Å². The fourth-order valence-electron chi connectivity index (χ4n) is 1.89. The maximum absolute atomic E-state index is 6.04. The lowest BCUT2D eigenvalue weighted by atomic mass is 10.2. The number of unbranched alkanes of at least 4 members (excludes halogenated alkanes) is 1. The molecule has 0 spiro atoms. The number of tetrazole rings is 1. The van der Waals surface area contributed by atoms with Gasteiger partial charge in [0, 0.05) is 25.3 Å². The molecule has 0 saturated carbocycles. The molecular weight excluding hydrogens is 290 g/mol. The minimum absolute atomic E-state index is 0.505. The zero-order chi connectivity index (χ0) is 15.1. The van der Waals surface area contributed by atoms with Crippen LogP contribution in [0.1, 0.15) is 26.2 Å². The van der Waals surface area contributed by atoms with Crippen molar-refractivity contribution in [2.75, 3.05) is 18.9 Å². The van der Waals surface area contributed by atoms with Crippen LogP contribution in [-0.2, 0) is 11.3 Å². The first-order chi connectivity index (χ1) is 10.2. The summed E-state index contributed by atoms with van der Waals surface area (Å²) in [5.74, 6) is 0.686. The minimum atomic E-state index is 0.505. The molecule has 1 aromatic heterocycles. The molecule has 6 nitrogen and oxygen atoms in total. The molecule has 1 aromatic carbocycles. The summed E-state index contributed by atoms with van der Waals surface area (Å²) in [6, 6.07) is 5.39. The molecule has 1 heterocycles. The second kappa shape index (κ2) is 7.95. The number of halogens is 1. The SMILES string of the molecule is CCCCOCCCn1nnnc1-c1ccc(N)c(Cl)c1. The average molecular weight is 310 g/mol. The highest BCUT2D eigenvalue weighted by molar-refractivity contribution is 6.33. The van der Waals surface area contributed by atoms with Crippen LogP contribution in [-0.4, -0.2) is 33.4 Å². The number of nitrogens with zero attached hydrogens (tertiary/aromatic N) is 4. The Morgan fingerprint density at radius 1 is 1.29 bits per heavy atom. The Hall–Kier alpha value is -1.66. The molecule has 0 radical (unpaired) electrons. The largest absolute Gasteiger partial charge is 0.398 e. The smallest absolute Gasteiger partial charge is 0.182 e. The minimum Gasteiger partial charge on any atom is -0.398 e. The third kappa shape index (κ3) is 4.41. The number of benzene rings is 1. The lowest BCUT2D eigenvalue weighted by Crippen LogP contribution is -2.07. The van der Waals surface area contributed by atoms with E-state index in [0.717, 1.165) is 31.4 Å². The Kier molecular flexibility index (Phi) is 5.95. The fraction of sp³-hybridized carbons (Fsp3) is 0.500. The van der Waals surface area contributed by atoms with Crippen molar-refractivity contribution in [3.8, 4) is 11.4 Å². The highest BCUT2D eigenvalue weighted by Gasteiger charge is 2.10. The molecule has 21 heavy (non-hydrogen) atoms. The number of aryl methyl sites for hydroxylation is 1. The normalized spacial score (nSPS) is 11.0. The van der Waals surface area contributed by atoms with E-state index in [2.05, 4.69) is 22.4 Å². The van der Waals surface area contributed by atoms with Crippen molar-refractivity contribution in [1.29, 1.82) is 0 Å². The topological polar surface area (TPSA) is 78.8 Å². The van der Waals surface area contributed by atoms with E-state index in [9.17, 15) is 0 Å². The Morgan fingerprint density at radius 2 is 2.10 bits per heavy atom. The molecule has 0 aliphatic heterocycles. The molecule has 2 aromatic rings. The number of aromatic nitrogens is 4. The Morgan fingerprint density at radius 3 is 2.86 bits per heavy atom. The van der Waals surface area contributed by atoms with Gasteiger partial charge in [0.15, 0.2) is 5.82 Å². The molecule has 2 N–H and O–H groups in total. The Balaban J connectivity index is 1.93. The summed E-state index contributed by atoms with van der Waals surface area (Å²) in [5.41, 5.74) is 7.11. The fourth-order valence-corrected chi connectivity index (χ4v) is 2.07. The van der Waals surface area contributed by atoms with Crippen LogP contribution in [0.4, 0.5) is 5.69 Å². The Labute approximate surface area is 129 Å². The summed E-state index contributed by atoms with van der Waals surface area (Å²) < 4.78 is 7.29. The van der Waals surface area contributed by atoms with Gasteiger partial charge in [-0.3, -0.25) is 0 Å². The predicted octanol–water partition coefficient (Wildman–Crippen LogP) is 2.78. The van der Waals surface area contributed by atoms with Crippen LogP contribution in [0, 0.1) is 0 Å². The van der Waals surface area contributed by atoms with E-state index < -0.39 is 0 Å². The molecule has 0 aliphatic carbocycles. The summed E-state index contributed by atoms with van der Waals surface area (Å²) in [4.78, 5) is 0. The van der Waals surface area contributed by atoms with Crippen LogP contribution in [0.3, 0.4) is 0 Å². The van der Waals surface area contributed by atoms with Crippen LogP contribution in [0.2, 0.25) is 5.02 Å². The lowest BCUT2D eigenvalue weighted by Gasteiger charge is -2.06. The molecule has 0 saturated heterocycles. The molecule has 0 fully saturated rings. The lowest BCUT2D eigenvalue weighted by molar-refractivity contribution is 0.125. The zero-order valence-corrected chi connectivity index (χ0v) is 12.9. The van der Waals surface area contributed by atoms with Gasteiger partial charge in [-0.05, 0) is 41.5 Å². The van der Waals surface area contributed by atoms with Crippen molar-refractivity contribution in [2.45, 2.75) is 32.7 Å². The van der Waals surface area contributed by atoms with E-state index >= 15 is 0 Å². The molecule has 0 aliphatic rings. The van der Waals surface area contributed by atoms with E-state index in [1.165, 1.54) is 0 Å². The summed E-state index contributed by atoms with van der Waals surface area (Å²) in [7, 11) is 0. The Bertz CT molecular complexity index is 572. The van der Waals surface area contributed by atoms with Gasteiger partial charge in [0.25, 0.3) is 0 Å². The van der Waals surface area contributed by atoms with Crippen LogP contribution < -0.4 is 5.73 Å². The number of hydrogen-bond acceptors (Lipinski definition) is 5. The number of anilines is 1. The molecular formula is C14H20ClN5O. The van der Waals surface area contributed by atoms with E-state index in [-0.39, 0.29) is 0 Å². The van der Waals surface area contributed by atoms with Crippen molar-refractivity contribution < 1.29 is 4.74 Å². The predicted molar refractivity (Wildman–Crippen MR) is 83.0 cm³/mol. The highest BCUT2D eigenvalue weighted by atomic mass is 35.5. The summed E-state index contributed by atoms with van der Waals surface area (Å²) in [6.45, 7) is 4.37. The average Bonchev–Trinajstić information content (AvgIpc) is 2.94. The van der Waals surface area contributed by atoms with Crippen molar-refractivity contribution in [3.05, 3.63) is 23.2 Å². The van der Waals surface area contributed by atoms with Gasteiger partial charge in [-0.15, -0.1) is 5.10 Å². The second-order valence-electron chi connectivity index (χ2n) is 4.78. The van der Waals surface area contributed by atoms with Crippen molar-refractivity contribution in [3.63, 3.8) is 0 Å². The number of nitrogen functional groups attached to an aromatic ring is 1. The highest BCUT2D eigenvalue weighted by Crippen LogP contribution is 2.25. The maximum atomic E-state index is 6.04. The molecule has 0 amide bonds. The standard InChI is InChI=1S/C14H20ClN5O/c1-2-3-8-21-9-4-7-20-14(17-18-19-20)11-5-6-13(16)12(15)10-11/h5-6,10H,2-4,7-9,16H2,1H3. The van der Waals surface area contributed by atoms with E-state index in [1.807, 2.05) is 6.07 Å². The monoisotopic (exact) mass is 309 g/mol. The number of nitrogens with two attached hydrogens (primary N) is 1. The zero-order valence-electron chi connectivity index (χ0n) is 12.1. The van der Waals surface area contributed by atoms with Gasteiger partial charge < -0.3 is 10.5 Å². The van der Waals surface area contributed by atoms with Crippen LogP contribution in [0.5, 0.6) is 0 Å². The van der Waals surface area contributed by atoms with Crippen LogP contribution in [0.25, 0.3) is 11.4 Å². The van der Waals surface area contributed by atoms with Gasteiger partial charge in [0.05, 0.1) is 10.7 Å². The van der Waals surface area contributed by atoms with Gasteiger partial charge in [-0.25, -0.2) is 4.68 Å². The summed E-state index contributed by atoms with van der Waals surface area (Å²) >= 11 is 6.04. The summed E-state index contributed by atoms with van der Waals surface area (Å²) in [6.07, 6.45) is 3.11. The molecule has 2 rings (SSSR count). The molecule has 0 unspecified atom stereocenters.